The first-order chi connectivity index (χ1) is 16.5. The maximum atomic E-state index is 13.7. The number of aryl methyl sites for hydroxylation is 1. The number of amides is 2. The Morgan fingerprint density at radius 3 is 2.85 bits per heavy atom. The highest BCUT2D eigenvalue weighted by atomic mass is 35.5. The predicted molar refractivity (Wildman–Crippen MR) is 130 cm³/mol. The van der Waals surface area contributed by atoms with E-state index >= 15 is 0 Å². The third-order valence-corrected chi connectivity index (χ3v) is 8.64. The second kappa shape index (κ2) is 9.76. The lowest BCUT2D eigenvalue weighted by molar-refractivity contribution is -0.139. The molecule has 2 saturated heterocycles. The van der Waals surface area contributed by atoms with Gasteiger partial charge in [0.1, 0.15) is 24.8 Å². The molecular weight excluding hydrogens is 474 g/mol. The number of likely N-dealkylation sites (tertiary alicyclic amines) is 1. The lowest BCUT2D eigenvalue weighted by Crippen LogP contribution is -2.54. The van der Waals surface area contributed by atoms with E-state index in [9.17, 15) is 14.4 Å². The van der Waals surface area contributed by atoms with Gasteiger partial charge in [-0.15, -0.1) is 22.9 Å². The quantitative estimate of drug-likeness (QED) is 0.612. The van der Waals surface area contributed by atoms with Crippen LogP contribution < -0.4 is 5.32 Å². The van der Waals surface area contributed by atoms with Crippen LogP contribution in [0.25, 0.3) is 10.4 Å². The number of nitrogens with zero attached hydrogens (tertiary/aromatic N) is 2. The van der Waals surface area contributed by atoms with Gasteiger partial charge in [0.25, 0.3) is 5.91 Å². The molecule has 34 heavy (non-hydrogen) atoms. The van der Waals surface area contributed by atoms with Gasteiger partial charge in [-0.05, 0) is 55.0 Å². The van der Waals surface area contributed by atoms with E-state index in [1.165, 1.54) is 11.3 Å². The number of halogens is 1. The van der Waals surface area contributed by atoms with E-state index in [4.69, 9.17) is 16.3 Å². The normalized spacial score (nSPS) is 25.5. The molecule has 2 aromatic rings. The molecule has 1 saturated carbocycles. The molecule has 0 radical (unpaired) electrons. The van der Waals surface area contributed by atoms with Crippen molar-refractivity contribution in [2.24, 2.45) is 5.92 Å². The van der Waals surface area contributed by atoms with E-state index in [1.807, 2.05) is 18.2 Å². The van der Waals surface area contributed by atoms with Gasteiger partial charge >= 0.3 is 0 Å². The van der Waals surface area contributed by atoms with Crippen molar-refractivity contribution < 1.29 is 19.1 Å². The van der Waals surface area contributed by atoms with E-state index in [0.29, 0.717) is 4.88 Å². The first kappa shape index (κ1) is 23.5. The second-order valence-corrected chi connectivity index (χ2v) is 10.9. The molecule has 7 nitrogen and oxygen atoms in total. The zero-order valence-corrected chi connectivity index (χ0v) is 20.6. The SMILES string of the molecule is CCc1cc(-c2ccc(C(=O)NC(C(=O)N3CC(Cl)C4OCC(=O)C43)C3CCCC3)s2)ccn1. The van der Waals surface area contributed by atoms with Crippen LogP contribution >= 0.6 is 22.9 Å². The van der Waals surface area contributed by atoms with Gasteiger partial charge in [-0.1, -0.05) is 19.8 Å². The largest absolute Gasteiger partial charge is 0.366 e. The van der Waals surface area contributed by atoms with Crippen LogP contribution in [0.15, 0.2) is 30.5 Å². The van der Waals surface area contributed by atoms with E-state index in [1.54, 1.807) is 17.2 Å². The fraction of sp³-hybridized carbons (Fsp3) is 0.520. The molecule has 0 bridgehead atoms. The Morgan fingerprint density at radius 1 is 1.29 bits per heavy atom. The van der Waals surface area contributed by atoms with E-state index in [0.717, 1.165) is 48.2 Å². The standard InChI is InChI=1S/C25H28ClN3O4S/c1-2-16-11-15(9-10-27-16)19-7-8-20(34-19)24(31)28-21(14-5-3-4-6-14)25(32)29-12-17(26)23-22(29)18(30)13-33-23/h7-11,14,17,21-23H,2-6,12-13H2,1H3,(H,28,31). The van der Waals surface area contributed by atoms with Crippen LogP contribution in [0.4, 0.5) is 0 Å². The van der Waals surface area contributed by atoms with Gasteiger partial charge in [-0.25, -0.2) is 0 Å². The number of ketones is 1. The van der Waals surface area contributed by atoms with Crippen LogP contribution in [-0.4, -0.2) is 64.2 Å². The topological polar surface area (TPSA) is 88.6 Å². The molecule has 0 spiro atoms. The molecule has 9 heteroatoms. The second-order valence-electron chi connectivity index (χ2n) is 9.24. The fourth-order valence-corrected chi connectivity index (χ4v) is 6.59. The summed E-state index contributed by atoms with van der Waals surface area (Å²) in [6, 6.07) is 6.37. The van der Waals surface area contributed by atoms with Crippen molar-refractivity contribution in [1.29, 1.82) is 0 Å². The van der Waals surface area contributed by atoms with Gasteiger partial charge in [0.05, 0.1) is 10.3 Å². The van der Waals surface area contributed by atoms with Gasteiger partial charge in [-0.2, -0.15) is 0 Å². The zero-order chi connectivity index (χ0) is 23.8. The zero-order valence-electron chi connectivity index (χ0n) is 19.0. The van der Waals surface area contributed by atoms with Crippen LogP contribution in [0.2, 0.25) is 0 Å². The first-order valence-electron chi connectivity index (χ1n) is 11.9. The Balaban J connectivity index is 1.35. The Bertz CT molecular complexity index is 1100. The van der Waals surface area contributed by atoms with Crippen LogP contribution in [0.1, 0.15) is 48.0 Å². The number of Topliss-reactive ketones (excluding diaryl/α,β-unsaturated/α-hetero) is 1. The molecule has 1 N–H and O–H groups in total. The molecule has 4 unspecified atom stereocenters. The number of carbonyl (C=O) groups excluding carboxylic acids is 3. The number of carbonyl (C=O) groups is 3. The third-order valence-electron chi connectivity index (χ3n) is 7.12. The number of alkyl halides is 1. The first-order valence-corrected chi connectivity index (χ1v) is 13.2. The summed E-state index contributed by atoms with van der Waals surface area (Å²) in [7, 11) is 0. The van der Waals surface area contributed by atoms with Gasteiger partial charge in [-0.3, -0.25) is 19.4 Å². The molecule has 0 aromatic carbocycles. The summed E-state index contributed by atoms with van der Waals surface area (Å²) in [6.07, 6.45) is 5.96. The van der Waals surface area contributed by atoms with Crippen LogP contribution in [-0.2, 0) is 20.7 Å². The van der Waals surface area contributed by atoms with Crippen molar-refractivity contribution in [3.63, 3.8) is 0 Å². The maximum Gasteiger partial charge on any atom is 0.262 e. The van der Waals surface area contributed by atoms with Crippen molar-refractivity contribution in [2.45, 2.75) is 62.6 Å². The molecule has 3 aliphatic rings. The highest BCUT2D eigenvalue weighted by Gasteiger charge is 2.53. The van der Waals surface area contributed by atoms with Crippen molar-refractivity contribution >= 4 is 40.5 Å². The van der Waals surface area contributed by atoms with Crippen LogP contribution in [0.5, 0.6) is 0 Å². The lowest BCUT2D eigenvalue weighted by atomic mass is 9.96. The molecule has 5 rings (SSSR count). The number of hydrogen-bond acceptors (Lipinski definition) is 6. The molecule has 4 atom stereocenters. The number of ether oxygens (including phenoxy) is 1. The molecule has 2 amide bonds. The molecule has 1 aliphatic carbocycles. The van der Waals surface area contributed by atoms with Crippen molar-refractivity contribution in [3.05, 3.63) is 41.0 Å². The highest BCUT2D eigenvalue weighted by molar-refractivity contribution is 7.17. The van der Waals surface area contributed by atoms with Crippen LogP contribution in [0, 0.1) is 5.92 Å². The van der Waals surface area contributed by atoms with Gasteiger partial charge in [0.15, 0.2) is 5.78 Å². The minimum atomic E-state index is -0.677. The molecule has 3 fully saturated rings. The van der Waals surface area contributed by atoms with E-state index < -0.39 is 23.6 Å². The van der Waals surface area contributed by atoms with Crippen molar-refractivity contribution in [2.75, 3.05) is 13.2 Å². The Morgan fingerprint density at radius 2 is 2.09 bits per heavy atom. The highest BCUT2D eigenvalue weighted by Crippen LogP contribution is 2.35. The summed E-state index contributed by atoms with van der Waals surface area (Å²) in [5, 5.41) is 2.60. The van der Waals surface area contributed by atoms with Crippen LogP contribution in [0.3, 0.4) is 0 Å². The molecular formula is C25H28ClN3O4S. The summed E-state index contributed by atoms with van der Waals surface area (Å²) in [5.41, 5.74) is 2.02. The van der Waals surface area contributed by atoms with Crippen molar-refractivity contribution in [3.8, 4) is 10.4 Å². The summed E-state index contributed by atoms with van der Waals surface area (Å²) in [4.78, 5) is 46.8. The number of hydrogen-bond donors (Lipinski definition) is 1. The Labute approximate surface area is 207 Å². The monoisotopic (exact) mass is 501 g/mol. The summed E-state index contributed by atoms with van der Waals surface area (Å²) < 4.78 is 5.53. The van der Waals surface area contributed by atoms with E-state index in [-0.39, 0.29) is 36.7 Å². The van der Waals surface area contributed by atoms with Crippen molar-refractivity contribution in [1.82, 2.24) is 15.2 Å². The van der Waals surface area contributed by atoms with E-state index in [2.05, 4.69) is 17.2 Å². The number of aromatic nitrogens is 1. The Hall–Kier alpha value is -2.29. The van der Waals surface area contributed by atoms with Gasteiger partial charge in [0.2, 0.25) is 5.91 Å². The molecule has 2 aliphatic heterocycles. The smallest absolute Gasteiger partial charge is 0.262 e. The van der Waals surface area contributed by atoms with Gasteiger partial charge < -0.3 is 15.0 Å². The average molecular weight is 502 g/mol. The third kappa shape index (κ3) is 4.39. The summed E-state index contributed by atoms with van der Waals surface area (Å²) in [6.45, 7) is 2.29. The predicted octanol–water partition coefficient (Wildman–Crippen LogP) is 3.45. The summed E-state index contributed by atoms with van der Waals surface area (Å²) in [5.74, 6) is -0.563. The Kier molecular flexibility index (Phi) is 6.73. The number of fused-ring (bicyclic) bond motifs is 1. The minimum Gasteiger partial charge on any atom is -0.366 e. The molecule has 2 aromatic heterocycles. The minimum absolute atomic E-state index is 0.0183. The summed E-state index contributed by atoms with van der Waals surface area (Å²) >= 11 is 7.80. The number of nitrogens with one attached hydrogen (secondary N) is 1. The maximum absolute atomic E-state index is 13.7. The average Bonchev–Trinajstić information content (AvgIpc) is 3.64. The molecule has 4 heterocycles. The number of pyridine rings is 1. The number of rotatable bonds is 6. The fourth-order valence-electron chi connectivity index (χ4n) is 5.33. The number of thiophene rings is 1. The van der Waals surface area contributed by atoms with Gasteiger partial charge in [0, 0.05) is 23.3 Å². The lowest BCUT2D eigenvalue weighted by Gasteiger charge is -2.30. The molecule has 180 valence electrons.